The lowest BCUT2D eigenvalue weighted by molar-refractivity contribution is -0.139. The minimum absolute atomic E-state index is 0.222. The van der Waals surface area contributed by atoms with E-state index in [1.54, 1.807) is 0 Å². The van der Waals surface area contributed by atoms with Gasteiger partial charge in [-0.3, -0.25) is 5.10 Å². The highest BCUT2D eigenvalue weighted by molar-refractivity contribution is 5.79. The Bertz CT molecular complexity index is 472. The molecule has 1 aromatic heterocycles. The minimum Gasteiger partial charge on any atom is -0.275 e. The number of benzene rings is 1. The van der Waals surface area contributed by atoms with Crippen LogP contribution in [0.25, 0.3) is 10.9 Å². The molecule has 0 fully saturated rings. The second-order valence-corrected chi connectivity index (χ2v) is 2.76. The summed E-state index contributed by atoms with van der Waals surface area (Å²) in [5.74, 6) is -1.31. The van der Waals surface area contributed by atoms with Crippen LogP contribution in [-0.4, -0.2) is 10.2 Å². The van der Waals surface area contributed by atoms with Crippen LogP contribution >= 0.6 is 0 Å². The number of nitrogens with zero attached hydrogens (tertiary/aromatic N) is 1. The first kappa shape index (κ1) is 8.98. The van der Waals surface area contributed by atoms with Crippen LogP contribution in [0.4, 0.5) is 17.6 Å². The number of nitrogens with one attached hydrogen (secondary N) is 1. The fraction of sp³-hybridized carbons (Fsp3) is 0.125. The van der Waals surface area contributed by atoms with Crippen molar-refractivity contribution in [2.24, 2.45) is 0 Å². The molecule has 2 nitrogen and oxygen atoms in total. The molecule has 14 heavy (non-hydrogen) atoms. The smallest absolute Gasteiger partial charge is 0.275 e. The molecule has 0 atom stereocenters. The zero-order chi connectivity index (χ0) is 10.3. The summed E-state index contributed by atoms with van der Waals surface area (Å²) in [6, 6.07) is 1.87. The van der Waals surface area contributed by atoms with E-state index in [9.17, 15) is 17.6 Å². The van der Waals surface area contributed by atoms with Crippen molar-refractivity contribution in [2.75, 3.05) is 0 Å². The van der Waals surface area contributed by atoms with E-state index in [0.717, 1.165) is 0 Å². The van der Waals surface area contributed by atoms with E-state index < -0.39 is 17.6 Å². The Labute approximate surface area is 75.5 Å². The third kappa shape index (κ3) is 1.23. The van der Waals surface area contributed by atoms with Crippen LogP contribution in [0.15, 0.2) is 18.3 Å². The Hall–Kier alpha value is -1.59. The molecular weight excluding hydrogens is 200 g/mol. The molecule has 0 saturated carbocycles. The summed E-state index contributed by atoms with van der Waals surface area (Å²) in [7, 11) is 0. The van der Waals surface area contributed by atoms with Gasteiger partial charge in [0.25, 0.3) is 0 Å². The van der Waals surface area contributed by atoms with Crippen molar-refractivity contribution in [3.8, 4) is 0 Å². The van der Waals surface area contributed by atoms with Crippen LogP contribution < -0.4 is 0 Å². The van der Waals surface area contributed by atoms with Crippen molar-refractivity contribution in [3.05, 3.63) is 29.7 Å². The molecule has 0 spiro atoms. The molecule has 1 heterocycles. The molecule has 0 amide bonds. The highest BCUT2D eigenvalue weighted by Crippen LogP contribution is 2.33. The van der Waals surface area contributed by atoms with Crippen LogP contribution in [0.3, 0.4) is 0 Å². The molecule has 2 rings (SSSR count). The molecule has 0 saturated heterocycles. The Kier molecular flexibility index (Phi) is 1.73. The van der Waals surface area contributed by atoms with Gasteiger partial charge in [0, 0.05) is 5.39 Å². The monoisotopic (exact) mass is 204 g/mol. The first-order valence-electron chi connectivity index (χ1n) is 3.69. The molecule has 0 unspecified atom stereocenters. The fourth-order valence-corrected chi connectivity index (χ4v) is 1.20. The summed E-state index contributed by atoms with van der Waals surface area (Å²) < 4.78 is 49.8. The van der Waals surface area contributed by atoms with Crippen LogP contribution in [-0.2, 0) is 6.18 Å². The van der Waals surface area contributed by atoms with Gasteiger partial charge in [-0.15, -0.1) is 0 Å². The summed E-state index contributed by atoms with van der Waals surface area (Å²) in [6.45, 7) is 0. The van der Waals surface area contributed by atoms with Crippen molar-refractivity contribution < 1.29 is 17.6 Å². The number of aromatic nitrogens is 2. The van der Waals surface area contributed by atoms with E-state index in [0.29, 0.717) is 11.5 Å². The molecular formula is C8H4F4N2. The maximum absolute atomic E-state index is 13.2. The first-order chi connectivity index (χ1) is 6.50. The summed E-state index contributed by atoms with van der Waals surface area (Å²) >= 11 is 0. The van der Waals surface area contributed by atoms with Crippen LogP contribution in [0.1, 0.15) is 5.56 Å². The molecule has 0 radical (unpaired) electrons. The van der Waals surface area contributed by atoms with Crippen molar-refractivity contribution in [2.45, 2.75) is 6.18 Å². The quantitative estimate of drug-likeness (QED) is 0.656. The SMILES string of the molecule is Fc1c(C(F)(F)F)ccc2cn[nH]c12. The predicted molar refractivity (Wildman–Crippen MR) is 41.1 cm³/mol. The third-order valence-corrected chi connectivity index (χ3v) is 1.86. The lowest BCUT2D eigenvalue weighted by atomic mass is 10.1. The Morgan fingerprint density at radius 2 is 1.93 bits per heavy atom. The van der Waals surface area contributed by atoms with Gasteiger partial charge in [0.05, 0.1) is 11.8 Å². The van der Waals surface area contributed by atoms with E-state index in [4.69, 9.17) is 0 Å². The van der Waals surface area contributed by atoms with E-state index >= 15 is 0 Å². The van der Waals surface area contributed by atoms with Gasteiger partial charge in [-0.2, -0.15) is 18.3 Å². The minimum atomic E-state index is -4.68. The number of H-pyrrole nitrogens is 1. The number of hydrogen-bond donors (Lipinski definition) is 1. The van der Waals surface area contributed by atoms with Gasteiger partial charge in [-0.1, -0.05) is 6.07 Å². The van der Waals surface area contributed by atoms with E-state index in [1.165, 1.54) is 12.3 Å². The Balaban J connectivity index is 2.74. The van der Waals surface area contributed by atoms with Crippen LogP contribution in [0, 0.1) is 5.82 Å². The van der Waals surface area contributed by atoms with E-state index in [-0.39, 0.29) is 5.52 Å². The molecule has 74 valence electrons. The third-order valence-electron chi connectivity index (χ3n) is 1.86. The van der Waals surface area contributed by atoms with Crippen molar-refractivity contribution in [3.63, 3.8) is 0 Å². The normalized spacial score (nSPS) is 12.3. The van der Waals surface area contributed by atoms with Gasteiger partial charge in [0.1, 0.15) is 5.52 Å². The average Bonchev–Trinajstić information content (AvgIpc) is 2.50. The topological polar surface area (TPSA) is 28.7 Å². The number of aromatic amines is 1. The second-order valence-electron chi connectivity index (χ2n) is 2.76. The highest BCUT2D eigenvalue weighted by atomic mass is 19.4. The van der Waals surface area contributed by atoms with Gasteiger partial charge in [0.15, 0.2) is 5.82 Å². The van der Waals surface area contributed by atoms with Crippen molar-refractivity contribution >= 4 is 10.9 Å². The molecule has 2 aromatic rings. The Morgan fingerprint density at radius 3 is 2.57 bits per heavy atom. The van der Waals surface area contributed by atoms with Gasteiger partial charge >= 0.3 is 6.18 Å². The maximum atomic E-state index is 13.2. The predicted octanol–water partition coefficient (Wildman–Crippen LogP) is 2.72. The lowest BCUT2D eigenvalue weighted by Gasteiger charge is -2.07. The number of fused-ring (bicyclic) bond motifs is 1. The Morgan fingerprint density at radius 1 is 1.21 bits per heavy atom. The van der Waals surface area contributed by atoms with E-state index in [1.807, 2.05) is 0 Å². The summed E-state index contributed by atoms with van der Waals surface area (Å²) in [6.07, 6.45) is -3.41. The summed E-state index contributed by atoms with van der Waals surface area (Å²) in [5.41, 5.74) is -1.51. The van der Waals surface area contributed by atoms with E-state index in [2.05, 4.69) is 10.2 Å². The number of rotatable bonds is 0. The average molecular weight is 204 g/mol. The summed E-state index contributed by atoms with van der Waals surface area (Å²) in [4.78, 5) is 0. The van der Waals surface area contributed by atoms with Gasteiger partial charge in [-0.25, -0.2) is 4.39 Å². The largest absolute Gasteiger partial charge is 0.419 e. The standard InChI is InChI=1S/C8H4F4N2/c9-6-5(8(10,11)12)2-1-4-3-13-14-7(4)6/h1-3H,(H,13,14). The molecule has 1 aromatic carbocycles. The molecule has 6 heteroatoms. The molecule has 0 aliphatic heterocycles. The van der Waals surface area contributed by atoms with Crippen LogP contribution in [0.2, 0.25) is 0 Å². The number of halogens is 4. The van der Waals surface area contributed by atoms with Gasteiger partial charge in [0.2, 0.25) is 0 Å². The van der Waals surface area contributed by atoms with Crippen molar-refractivity contribution in [1.29, 1.82) is 0 Å². The number of hydrogen-bond acceptors (Lipinski definition) is 1. The number of alkyl halides is 3. The summed E-state index contributed by atoms with van der Waals surface area (Å²) in [5, 5.41) is 5.94. The van der Waals surface area contributed by atoms with Gasteiger partial charge < -0.3 is 0 Å². The van der Waals surface area contributed by atoms with Crippen molar-refractivity contribution in [1.82, 2.24) is 10.2 Å². The molecule has 0 bridgehead atoms. The molecule has 0 aliphatic carbocycles. The zero-order valence-corrected chi connectivity index (χ0v) is 6.69. The lowest BCUT2D eigenvalue weighted by Crippen LogP contribution is -2.08. The van der Waals surface area contributed by atoms with Crippen LogP contribution in [0.5, 0.6) is 0 Å². The van der Waals surface area contributed by atoms with Gasteiger partial charge in [-0.05, 0) is 6.07 Å². The second kappa shape index (κ2) is 2.70. The fourth-order valence-electron chi connectivity index (χ4n) is 1.20. The molecule has 1 N–H and O–H groups in total. The zero-order valence-electron chi connectivity index (χ0n) is 6.69. The first-order valence-corrected chi connectivity index (χ1v) is 3.69. The maximum Gasteiger partial charge on any atom is 0.419 e. The highest BCUT2D eigenvalue weighted by Gasteiger charge is 2.34. The molecule has 0 aliphatic rings.